The molecule has 1 saturated heterocycles. The van der Waals surface area contributed by atoms with Gasteiger partial charge >= 0.3 is 5.97 Å². The van der Waals surface area contributed by atoms with Crippen molar-refractivity contribution >= 4 is 28.7 Å². The van der Waals surface area contributed by atoms with Crippen LogP contribution in [0.3, 0.4) is 0 Å². The summed E-state index contributed by atoms with van der Waals surface area (Å²) in [6, 6.07) is 16.0. The number of pyridine rings is 1. The van der Waals surface area contributed by atoms with Gasteiger partial charge in [0, 0.05) is 35.3 Å². The molecule has 0 saturated carbocycles. The van der Waals surface area contributed by atoms with Crippen LogP contribution in [-0.2, 0) is 16.2 Å². The molecule has 0 bridgehead atoms. The minimum atomic E-state index is -0.927. The topological polar surface area (TPSA) is 141 Å². The quantitative estimate of drug-likeness (QED) is 0.249. The third kappa shape index (κ3) is 6.27. The van der Waals surface area contributed by atoms with E-state index in [2.05, 4.69) is 10.3 Å². The fourth-order valence-electron chi connectivity index (χ4n) is 4.88. The second-order valence-corrected chi connectivity index (χ2v) is 9.75. The summed E-state index contributed by atoms with van der Waals surface area (Å²) in [5, 5.41) is 22.4. The molecule has 1 aromatic heterocycles. The normalized spacial score (nSPS) is 16.0. The molecular weight excluding hydrogens is 488 g/mol. The summed E-state index contributed by atoms with van der Waals surface area (Å²) in [7, 11) is 0. The van der Waals surface area contributed by atoms with Gasteiger partial charge in [-0.1, -0.05) is 18.2 Å². The van der Waals surface area contributed by atoms with Crippen molar-refractivity contribution in [3.05, 3.63) is 71.4 Å². The summed E-state index contributed by atoms with van der Waals surface area (Å²) in [6.07, 6.45) is 0.611. The Balaban J connectivity index is 1.42. The van der Waals surface area contributed by atoms with Gasteiger partial charge in [0.1, 0.15) is 18.4 Å². The summed E-state index contributed by atoms with van der Waals surface area (Å²) in [6.45, 7) is 4.68. The van der Waals surface area contributed by atoms with Gasteiger partial charge in [0.15, 0.2) is 0 Å². The number of aryl methyl sites for hydroxylation is 1. The molecule has 38 heavy (non-hydrogen) atoms. The number of rotatable bonds is 9. The van der Waals surface area contributed by atoms with Crippen LogP contribution in [0.4, 0.5) is 0 Å². The van der Waals surface area contributed by atoms with E-state index in [1.54, 1.807) is 41.6 Å². The minimum absolute atomic E-state index is 0.120. The predicted molar refractivity (Wildman–Crippen MR) is 140 cm³/mol. The highest BCUT2D eigenvalue weighted by molar-refractivity contribution is 5.95. The number of carbonyl (C=O) groups is 3. The average Bonchev–Trinajstić information content (AvgIpc) is 2.91. The molecule has 10 heteroatoms. The number of aromatic nitrogens is 1. The Bertz CT molecular complexity index is 1320. The van der Waals surface area contributed by atoms with E-state index in [0.29, 0.717) is 43.9 Å². The van der Waals surface area contributed by atoms with Gasteiger partial charge in [-0.05, 0) is 63.1 Å². The number of carboxylic acids is 1. The number of aliphatic carboxylic acids is 1. The van der Waals surface area contributed by atoms with E-state index in [4.69, 9.17) is 9.94 Å². The zero-order valence-corrected chi connectivity index (χ0v) is 21.4. The third-order valence-corrected chi connectivity index (χ3v) is 7.10. The van der Waals surface area contributed by atoms with Gasteiger partial charge in [0.25, 0.3) is 5.91 Å². The molecule has 0 radical (unpaired) electrons. The van der Waals surface area contributed by atoms with Gasteiger partial charge in [-0.3, -0.25) is 29.5 Å². The minimum Gasteiger partial charge on any atom is -0.489 e. The Morgan fingerprint density at radius 2 is 1.79 bits per heavy atom. The molecule has 2 aromatic carbocycles. The Morgan fingerprint density at radius 1 is 1.11 bits per heavy atom. The summed E-state index contributed by atoms with van der Waals surface area (Å²) >= 11 is 0. The number of hydroxylamine groups is 1. The van der Waals surface area contributed by atoms with Gasteiger partial charge in [0.05, 0.1) is 17.5 Å². The molecular formula is C28H32N4O6. The molecule has 1 aliphatic heterocycles. The number of hydrogen-bond acceptors (Lipinski definition) is 7. The number of benzene rings is 2. The molecule has 1 atom stereocenters. The molecule has 200 valence electrons. The summed E-state index contributed by atoms with van der Waals surface area (Å²) in [4.78, 5) is 42.8. The number of carboxylic acid groups (broad SMARTS) is 1. The highest BCUT2D eigenvalue weighted by atomic mass is 16.5. The molecule has 3 aromatic rings. The molecule has 1 fully saturated rings. The smallest absolute Gasteiger partial charge is 0.320 e. The largest absolute Gasteiger partial charge is 0.489 e. The molecule has 0 spiro atoms. The first-order valence-corrected chi connectivity index (χ1v) is 12.5. The van der Waals surface area contributed by atoms with Crippen LogP contribution in [0.25, 0.3) is 10.9 Å². The van der Waals surface area contributed by atoms with Gasteiger partial charge in [-0.25, -0.2) is 5.48 Å². The first-order valence-electron chi connectivity index (χ1n) is 12.5. The Hall–Kier alpha value is -4.02. The number of likely N-dealkylation sites (tertiary alicyclic amines) is 1. The highest BCUT2D eigenvalue weighted by Gasteiger charge is 2.40. The number of hydrogen-bond donors (Lipinski definition) is 4. The van der Waals surface area contributed by atoms with Gasteiger partial charge < -0.3 is 15.2 Å². The van der Waals surface area contributed by atoms with E-state index in [1.807, 2.05) is 37.3 Å². The fraction of sp³-hybridized carbons (Fsp3) is 0.357. The molecule has 4 rings (SSSR count). The standard InChI is InChI=1S/C28H32N4O6/c1-18-15-21(23-5-3-4-6-24(23)29-18)17-38-22-9-7-20(8-10-22)26(34)30-28(16-25(33)31-37)11-13-32(14-12-28)19(2)27(35)36/h3-10,15,19,37H,11-14,16-17H2,1-2H3,(H,30,34)(H,31,33)(H,35,36)/t19-/m0/s1. The summed E-state index contributed by atoms with van der Waals surface area (Å²) < 4.78 is 5.99. The highest BCUT2D eigenvalue weighted by Crippen LogP contribution is 2.28. The maximum Gasteiger partial charge on any atom is 0.320 e. The molecule has 2 heterocycles. The number of nitrogens with zero attached hydrogens (tertiary/aromatic N) is 2. The third-order valence-electron chi connectivity index (χ3n) is 7.10. The van der Waals surface area contributed by atoms with Crippen LogP contribution < -0.4 is 15.5 Å². The second-order valence-electron chi connectivity index (χ2n) is 9.75. The van der Waals surface area contributed by atoms with Gasteiger partial charge in [0.2, 0.25) is 5.91 Å². The van der Waals surface area contributed by atoms with Crippen LogP contribution in [0, 0.1) is 6.92 Å². The van der Waals surface area contributed by atoms with Crippen LogP contribution in [-0.4, -0.2) is 62.7 Å². The summed E-state index contributed by atoms with van der Waals surface area (Å²) in [5.74, 6) is -1.31. The Morgan fingerprint density at radius 3 is 2.45 bits per heavy atom. The maximum atomic E-state index is 13.1. The number of carbonyl (C=O) groups excluding carboxylic acids is 2. The van der Waals surface area contributed by atoms with Crippen LogP contribution in [0.15, 0.2) is 54.6 Å². The zero-order chi connectivity index (χ0) is 27.3. The van der Waals surface area contributed by atoms with Gasteiger partial charge in [-0.2, -0.15) is 0 Å². The van der Waals surface area contributed by atoms with Crippen molar-refractivity contribution in [2.24, 2.45) is 0 Å². The van der Waals surface area contributed by atoms with Crippen LogP contribution in [0.2, 0.25) is 0 Å². The van der Waals surface area contributed by atoms with E-state index in [9.17, 15) is 19.5 Å². The predicted octanol–water partition coefficient (Wildman–Crippen LogP) is 3.06. The fourth-order valence-corrected chi connectivity index (χ4v) is 4.88. The van der Waals surface area contributed by atoms with Crippen molar-refractivity contribution in [1.82, 2.24) is 20.7 Å². The number of amides is 2. The van der Waals surface area contributed by atoms with Crippen molar-refractivity contribution in [2.75, 3.05) is 13.1 Å². The van der Waals surface area contributed by atoms with Crippen molar-refractivity contribution < 1.29 is 29.4 Å². The lowest BCUT2D eigenvalue weighted by atomic mass is 9.83. The lowest BCUT2D eigenvalue weighted by Crippen LogP contribution is -2.58. The monoisotopic (exact) mass is 520 g/mol. The van der Waals surface area contributed by atoms with E-state index < -0.39 is 23.5 Å². The Labute approximate surface area is 220 Å². The molecule has 0 aliphatic carbocycles. The Kier molecular flexibility index (Phi) is 8.23. The number of nitrogens with one attached hydrogen (secondary N) is 2. The zero-order valence-electron chi connectivity index (χ0n) is 21.4. The first kappa shape index (κ1) is 27.0. The molecule has 0 unspecified atom stereocenters. The lowest BCUT2D eigenvalue weighted by molar-refractivity contribution is -0.143. The number of fused-ring (bicyclic) bond motifs is 1. The molecule has 2 amide bonds. The van der Waals surface area contributed by atoms with Gasteiger partial charge in [-0.15, -0.1) is 0 Å². The maximum absolute atomic E-state index is 13.1. The second kappa shape index (κ2) is 11.6. The van der Waals surface area contributed by atoms with E-state index in [0.717, 1.165) is 22.2 Å². The first-order chi connectivity index (χ1) is 18.2. The van der Waals surface area contributed by atoms with E-state index in [1.165, 1.54) is 0 Å². The number of ether oxygens (including phenoxy) is 1. The van der Waals surface area contributed by atoms with Crippen molar-refractivity contribution in [2.45, 2.75) is 51.3 Å². The molecule has 4 N–H and O–H groups in total. The average molecular weight is 521 g/mol. The van der Waals surface area contributed by atoms with Crippen LogP contribution in [0.1, 0.15) is 47.8 Å². The molecule has 1 aliphatic rings. The van der Waals surface area contributed by atoms with Crippen molar-refractivity contribution in [1.29, 1.82) is 0 Å². The van der Waals surface area contributed by atoms with E-state index >= 15 is 0 Å². The SMILES string of the molecule is Cc1cc(COc2ccc(C(=O)NC3(CC(=O)NO)CCN([C@@H](C)C(=O)O)CC3)cc2)c2ccccc2n1. The van der Waals surface area contributed by atoms with Crippen molar-refractivity contribution in [3.63, 3.8) is 0 Å². The van der Waals surface area contributed by atoms with E-state index in [-0.39, 0.29) is 12.3 Å². The number of para-hydroxylation sites is 1. The van der Waals surface area contributed by atoms with Crippen LogP contribution >= 0.6 is 0 Å². The lowest BCUT2D eigenvalue weighted by Gasteiger charge is -2.43. The summed E-state index contributed by atoms with van der Waals surface area (Å²) in [5.41, 5.74) is 3.95. The molecule has 10 nitrogen and oxygen atoms in total. The number of piperidine rings is 1. The van der Waals surface area contributed by atoms with Crippen molar-refractivity contribution in [3.8, 4) is 5.75 Å². The van der Waals surface area contributed by atoms with Crippen LogP contribution in [0.5, 0.6) is 5.75 Å².